The van der Waals surface area contributed by atoms with E-state index in [1.54, 1.807) is 0 Å². The van der Waals surface area contributed by atoms with Gasteiger partial charge in [-0.15, -0.1) is 5.73 Å². The molecule has 0 aromatic heterocycles. The predicted molar refractivity (Wildman–Crippen MR) is 244 cm³/mol. The Bertz CT molecular complexity index is 2540. The van der Waals surface area contributed by atoms with E-state index in [1.807, 2.05) is 18.2 Å². The van der Waals surface area contributed by atoms with Crippen LogP contribution in [0.2, 0.25) is 0 Å². The molecular formula is C56H56. The Labute approximate surface area is 336 Å². The Morgan fingerprint density at radius 1 is 0.554 bits per heavy atom. The summed E-state index contributed by atoms with van der Waals surface area (Å²) in [7, 11) is 0. The van der Waals surface area contributed by atoms with Crippen molar-refractivity contribution in [1.82, 2.24) is 0 Å². The quantitative estimate of drug-likeness (QED) is 0.125. The molecule has 0 nitrogen and oxygen atoms in total. The Hall–Kier alpha value is -5.68. The van der Waals surface area contributed by atoms with Crippen molar-refractivity contribution in [2.75, 3.05) is 0 Å². The third kappa shape index (κ3) is 7.47. The first-order chi connectivity index (χ1) is 26.9. The molecule has 0 saturated heterocycles. The van der Waals surface area contributed by atoms with E-state index >= 15 is 0 Å². The van der Waals surface area contributed by atoms with Crippen molar-refractivity contribution in [3.05, 3.63) is 195 Å². The van der Waals surface area contributed by atoms with Gasteiger partial charge in [0, 0.05) is 10.8 Å². The molecule has 280 valence electrons. The summed E-state index contributed by atoms with van der Waals surface area (Å²) in [5.74, 6) is 0. The maximum absolute atomic E-state index is 3.18. The average molecular weight is 729 g/mol. The van der Waals surface area contributed by atoms with Crippen LogP contribution in [0.15, 0.2) is 151 Å². The molecule has 3 aliphatic carbocycles. The molecule has 0 bridgehead atoms. The van der Waals surface area contributed by atoms with Crippen molar-refractivity contribution in [1.29, 1.82) is 0 Å². The number of allylic oxidation sites excluding steroid dienone is 4. The van der Waals surface area contributed by atoms with E-state index in [2.05, 4.69) is 202 Å². The molecule has 0 aliphatic heterocycles. The zero-order valence-corrected chi connectivity index (χ0v) is 34.8. The van der Waals surface area contributed by atoms with Gasteiger partial charge in [-0.25, -0.2) is 0 Å². The molecule has 9 rings (SSSR count). The van der Waals surface area contributed by atoms with Crippen molar-refractivity contribution >= 4 is 12.2 Å². The zero-order valence-electron chi connectivity index (χ0n) is 34.8. The second-order valence-electron chi connectivity index (χ2n) is 16.8. The van der Waals surface area contributed by atoms with Crippen LogP contribution in [0.25, 0.3) is 56.7 Å². The molecule has 0 amide bonds. The van der Waals surface area contributed by atoms with Crippen LogP contribution in [0.3, 0.4) is 0 Å². The largest absolute Gasteiger partial charge is 0.120 e. The fourth-order valence-electron chi connectivity index (χ4n) is 8.62. The van der Waals surface area contributed by atoms with Crippen LogP contribution in [0.5, 0.6) is 0 Å². The lowest BCUT2D eigenvalue weighted by Crippen LogP contribution is -2.15. The first kappa shape index (κ1) is 38.6. The van der Waals surface area contributed by atoms with Crippen molar-refractivity contribution in [2.24, 2.45) is 0 Å². The van der Waals surface area contributed by atoms with E-state index in [-0.39, 0.29) is 10.8 Å². The van der Waals surface area contributed by atoms with Crippen molar-refractivity contribution in [3.63, 3.8) is 0 Å². The molecule has 0 spiro atoms. The van der Waals surface area contributed by atoms with Gasteiger partial charge in [-0.1, -0.05) is 185 Å². The molecule has 0 atom stereocenters. The van der Waals surface area contributed by atoms with Crippen LogP contribution >= 0.6 is 0 Å². The lowest BCUT2D eigenvalue weighted by molar-refractivity contribution is 0.659. The molecule has 0 radical (unpaired) electrons. The topological polar surface area (TPSA) is 0 Å². The van der Waals surface area contributed by atoms with Gasteiger partial charge in [0.1, 0.15) is 0 Å². The number of hydrogen-bond acceptors (Lipinski definition) is 0. The van der Waals surface area contributed by atoms with Crippen molar-refractivity contribution < 1.29 is 0 Å². The van der Waals surface area contributed by atoms with Gasteiger partial charge in [-0.3, -0.25) is 0 Å². The first-order valence-corrected chi connectivity index (χ1v) is 20.3. The molecule has 0 unspecified atom stereocenters. The molecule has 0 heteroatoms. The summed E-state index contributed by atoms with van der Waals surface area (Å²) in [6.45, 7) is 20.1. The highest BCUT2D eigenvalue weighted by atomic mass is 14.4. The van der Waals surface area contributed by atoms with Crippen molar-refractivity contribution in [3.8, 4) is 44.5 Å². The minimum Gasteiger partial charge on any atom is -0.120 e. The third-order valence-corrected chi connectivity index (χ3v) is 12.1. The molecule has 6 aromatic carbocycles. The van der Waals surface area contributed by atoms with Crippen LogP contribution in [0.1, 0.15) is 106 Å². The summed E-state index contributed by atoms with van der Waals surface area (Å²) in [5, 5.41) is 0. The van der Waals surface area contributed by atoms with E-state index < -0.39 is 0 Å². The van der Waals surface area contributed by atoms with Crippen LogP contribution < -0.4 is 0 Å². The number of benzene rings is 6. The minimum absolute atomic E-state index is 0.0192. The van der Waals surface area contributed by atoms with Gasteiger partial charge in [-0.2, -0.15) is 0 Å². The third-order valence-electron chi connectivity index (χ3n) is 12.1. The smallest absolute Gasteiger partial charge is 0.0159 e. The molecule has 56 heavy (non-hydrogen) atoms. The van der Waals surface area contributed by atoms with Gasteiger partial charge >= 0.3 is 0 Å². The summed E-state index contributed by atoms with van der Waals surface area (Å²) < 4.78 is 0. The molecule has 0 saturated carbocycles. The van der Waals surface area contributed by atoms with E-state index in [9.17, 15) is 0 Å². The zero-order chi connectivity index (χ0) is 39.6. The van der Waals surface area contributed by atoms with Crippen LogP contribution in [-0.4, -0.2) is 0 Å². The van der Waals surface area contributed by atoms with E-state index in [1.165, 1.54) is 107 Å². The molecule has 3 aliphatic rings. The van der Waals surface area contributed by atoms with Crippen LogP contribution in [0.4, 0.5) is 0 Å². The Balaban J connectivity index is 0.000000172. The molecule has 0 N–H and O–H groups in total. The van der Waals surface area contributed by atoms with E-state index in [0.717, 1.165) is 0 Å². The second-order valence-corrected chi connectivity index (χ2v) is 16.8. The summed E-state index contributed by atoms with van der Waals surface area (Å²) in [5.41, 5.74) is 26.3. The highest BCUT2D eigenvalue weighted by molar-refractivity contribution is 5.85. The lowest BCUT2D eigenvalue weighted by atomic mass is 9.81. The monoisotopic (exact) mass is 728 g/mol. The number of rotatable bonds is 4. The fourth-order valence-corrected chi connectivity index (χ4v) is 8.62. The van der Waals surface area contributed by atoms with Gasteiger partial charge in [0.05, 0.1) is 0 Å². The summed E-state index contributed by atoms with van der Waals surface area (Å²) in [4.78, 5) is 0. The van der Waals surface area contributed by atoms with Crippen molar-refractivity contribution in [2.45, 2.75) is 86.0 Å². The van der Waals surface area contributed by atoms with Gasteiger partial charge in [0.2, 0.25) is 0 Å². The maximum atomic E-state index is 3.18. The van der Waals surface area contributed by atoms with Crippen LogP contribution in [-0.2, 0) is 10.8 Å². The predicted octanol–water partition coefficient (Wildman–Crippen LogP) is 15.9. The standard InChI is InChI=1S/C33H26.C16H16.C7H14/c1-22-9-17-29-30-18-16-28(21-32(30)33(2,3)31(29)19-22)25-12-10-24(11-13-25)27-15-14-23-7-5-4-6-8-26(23)20-27;1-11-8-9-13-12-6-4-5-7-14(12)16(2,3)15(13)10-11;1-4-6-7(3)5-2/h4,6-21H,1-3H3;4-10H,1-3H3;5H,4,6H2,1-3H3/b;;7-5+. The molecule has 6 aromatic rings. The maximum Gasteiger partial charge on any atom is 0.0159 e. The Morgan fingerprint density at radius 3 is 1.64 bits per heavy atom. The SMILES string of the molecule is C/C=C(\C)CCC.Cc1ccc2c(c1)C(C)(C)c1cc(-c3ccc(-c4ccc5c(c4)C=CC=C=C5)cc3)ccc1-2.Cc1ccc2c(c1)C(C)(C)c1ccccc1-2. The number of aryl methyl sites for hydroxylation is 2. The van der Waals surface area contributed by atoms with E-state index in [0.29, 0.717) is 0 Å². The molecular weight excluding hydrogens is 673 g/mol. The van der Waals surface area contributed by atoms with Gasteiger partial charge in [0.15, 0.2) is 0 Å². The van der Waals surface area contributed by atoms with E-state index in [4.69, 9.17) is 0 Å². The summed E-state index contributed by atoms with van der Waals surface area (Å²) in [6.07, 6.45) is 12.9. The minimum atomic E-state index is 0.0192. The highest BCUT2D eigenvalue weighted by Crippen LogP contribution is 2.50. The molecule has 0 fully saturated rings. The second kappa shape index (κ2) is 15.8. The summed E-state index contributed by atoms with van der Waals surface area (Å²) >= 11 is 0. The average Bonchev–Trinajstić information content (AvgIpc) is 3.40. The summed E-state index contributed by atoms with van der Waals surface area (Å²) in [6, 6.07) is 45.0. The normalized spacial score (nSPS) is 14.6. The van der Waals surface area contributed by atoms with Crippen LogP contribution in [0, 0.1) is 13.8 Å². The van der Waals surface area contributed by atoms with Gasteiger partial charge in [0.25, 0.3) is 0 Å². The Kier molecular flexibility index (Phi) is 10.9. The lowest BCUT2D eigenvalue weighted by Gasteiger charge is -2.22. The van der Waals surface area contributed by atoms with Gasteiger partial charge < -0.3 is 0 Å². The fraction of sp³-hybridized carbons (Fsp3) is 0.232. The first-order valence-electron chi connectivity index (χ1n) is 20.3. The van der Waals surface area contributed by atoms with Gasteiger partial charge in [-0.05, 0) is 136 Å². The number of hydrogen-bond donors (Lipinski definition) is 0. The Morgan fingerprint density at radius 2 is 1.05 bits per heavy atom. The molecule has 0 heterocycles. The highest BCUT2D eigenvalue weighted by Gasteiger charge is 2.36. The number of fused-ring (bicyclic) bond motifs is 7.